The number of aryl methyl sites for hydroxylation is 1. The van der Waals surface area contributed by atoms with Crippen molar-refractivity contribution in [3.8, 4) is 0 Å². The van der Waals surface area contributed by atoms with E-state index in [9.17, 15) is 9.59 Å². The summed E-state index contributed by atoms with van der Waals surface area (Å²) in [6, 6.07) is 10.4. The van der Waals surface area contributed by atoms with Gasteiger partial charge in [-0.05, 0) is 57.0 Å². The number of pyridine rings is 1. The number of aromatic nitrogens is 4. The minimum atomic E-state index is -0.138. The van der Waals surface area contributed by atoms with Crippen molar-refractivity contribution < 1.29 is 4.74 Å². The van der Waals surface area contributed by atoms with E-state index in [2.05, 4.69) is 4.98 Å². The summed E-state index contributed by atoms with van der Waals surface area (Å²) in [6.45, 7) is 6.92. The lowest BCUT2D eigenvalue weighted by molar-refractivity contribution is 0.0743. The summed E-state index contributed by atoms with van der Waals surface area (Å²) >= 11 is 7.51. The van der Waals surface area contributed by atoms with Crippen LogP contribution in [0.15, 0.2) is 57.3 Å². The lowest BCUT2D eigenvalue weighted by Crippen LogP contribution is -2.24. The summed E-state index contributed by atoms with van der Waals surface area (Å²) in [7, 11) is 0. The Hall–Kier alpha value is -2.68. The highest BCUT2D eigenvalue weighted by Gasteiger charge is 2.13. The molecule has 0 spiro atoms. The van der Waals surface area contributed by atoms with Crippen LogP contribution in [0.3, 0.4) is 0 Å². The number of rotatable bonds is 8. The molecule has 0 amide bonds. The lowest BCUT2D eigenvalue weighted by Gasteiger charge is -2.14. The van der Waals surface area contributed by atoms with Crippen LogP contribution in [0.5, 0.6) is 0 Å². The molecule has 0 aliphatic carbocycles. The van der Waals surface area contributed by atoms with Gasteiger partial charge in [0, 0.05) is 36.2 Å². The molecule has 7 nitrogen and oxygen atoms in total. The van der Waals surface area contributed by atoms with E-state index in [0.29, 0.717) is 57.7 Å². The molecule has 0 atom stereocenters. The van der Waals surface area contributed by atoms with Crippen LogP contribution in [0.25, 0.3) is 16.6 Å². The van der Waals surface area contributed by atoms with Crippen molar-refractivity contribution in [1.82, 2.24) is 18.9 Å². The summed E-state index contributed by atoms with van der Waals surface area (Å²) < 4.78 is 8.83. The molecule has 0 saturated heterocycles. The molecule has 3 aromatic heterocycles. The molecule has 172 valence electrons. The molecule has 4 aromatic rings. The first-order valence-electron chi connectivity index (χ1n) is 10.8. The van der Waals surface area contributed by atoms with Crippen LogP contribution < -0.4 is 11.1 Å². The van der Waals surface area contributed by atoms with Crippen molar-refractivity contribution in [3.63, 3.8) is 0 Å². The van der Waals surface area contributed by atoms with E-state index in [0.717, 1.165) is 5.56 Å². The standard InChI is InChI=1S/C24H25ClN4O3S/c1-15(2)32-10-4-9-28-23(31)19-7-6-17(25)11-20(19)27-24(28)33-14-18-12-22(30)29-13-16(3)5-8-21(29)26-18/h5-8,11-13,15H,4,9-10,14H2,1-3H3. The van der Waals surface area contributed by atoms with Crippen molar-refractivity contribution in [2.24, 2.45) is 0 Å². The fraction of sp³-hybridized carbons (Fsp3) is 0.333. The first kappa shape index (κ1) is 23.5. The van der Waals surface area contributed by atoms with Gasteiger partial charge in [-0.3, -0.25) is 18.6 Å². The quantitative estimate of drug-likeness (QED) is 0.208. The van der Waals surface area contributed by atoms with Gasteiger partial charge in [-0.2, -0.15) is 0 Å². The Balaban J connectivity index is 1.66. The van der Waals surface area contributed by atoms with Crippen LogP contribution >= 0.6 is 23.4 Å². The monoisotopic (exact) mass is 484 g/mol. The molecule has 0 unspecified atom stereocenters. The normalized spacial score (nSPS) is 11.7. The van der Waals surface area contributed by atoms with E-state index in [1.165, 1.54) is 22.2 Å². The highest BCUT2D eigenvalue weighted by molar-refractivity contribution is 7.98. The van der Waals surface area contributed by atoms with Gasteiger partial charge in [-0.1, -0.05) is 29.4 Å². The van der Waals surface area contributed by atoms with E-state index in [1.54, 1.807) is 29.0 Å². The number of fused-ring (bicyclic) bond motifs is 2. The van der Waals surface area contributed by atoms with Crippen molar-refractivity contribution in [2.75, 3.05) is 6.61 Å². The smallest absolute Gasteiger partial charge is 0.262 e. The third-order valence-electron chi connectivity index (χ3n) is 5.07. The van der Waals surface area contributed by atoms with E-state index in [-0.39, 0.29) is 17.2 Å². The molecule has 4 rings (SSSR count). The Morgan fingerprint density at radius 3 is 2.73 bits per heavy atom. The highest BCUT2D eigenvalue weighted by Crippen LogP contribution is 2.23. The van der Waals surface area contributed by atoms with E-state index < -0.39 is 0 Å². The molecule has 1 aromatic carbocycles. The van der Waals surface area contributed by atoms with Crippen molar-refractivity contribution in [2.45, 2.75) is 50.8 Å². The summed E-state index contributed by atoms with van der Waals surface area (Å²) in [5.74, 6) is 0.403. The summed E-state index contributed by atoms with van der Waals surface area (Å²) in [4.78, 5) is 35.1. The molecule has 33 heavy (non-hydrogen) atoms. The molecule has 0 aliphatic heterocycles. The van der Waals surface area contributed by atoms with Gasteiger partial charge in [0.1, 0.15) is 5.65 Å². The van der Waals surface area contributed by atoms with E-state index >= 15 is 0 Å². The van der Waals surface area contributed by atoms with Gasteiger partial charge in [-0.15, -0.1) is 0 Å². The van der Waals surface area contributed by atoms with Gasteiger partial charge < -0.3 is 4.74 Å². The highest BCUT2D eigenvalue weighted by atomic mass is 35.5. The molecule has 0 aliphatic rings. The number of nitrogens with zero attached hydrogens (tertiary/aromatic N) is 4. The minimum Gasteiger partial charge on any atom is -0.379 e. The maximum Gasteiger partial charge on any atom is 0.262 e. The van der Waals surface area contributed by atoms with Crippen molar-refractivity contribution in [1.29, 1.82) is 0 Å². The fourth-order valence-electron chi connectivity index (χ4n) is 3.49. The SMILES string of the molecule is Cc1ccc2nc(CSc3nc4cc(Cl)ccc4c(=O)n3CCCOC(C)C)cc(=O)n2c1. The van der Waals surface area contributed by atoms with Gasteiger partial charge in [0.25, 0.3) is 11.1 Å². The average Bonchev–Trinajstić information content (AvgIpc) is 2.76. The lowest BCUT2D eigenvalue weighted by atomic mass is 10.2. The van der Waals surface area contributed by atoms with Crippen molar-refractivity contribution in [3.05, 3.63) is 79.6 Å². The van der Waals surface area contributed by atoms with Gasteiger partial charge in [0.15, 0.2) is 5.16 Å². The van der Waals surface area contributed by atoms with Crippen LogP contribution in [-0.4, -0.2) is 31.6 Å². The zero-order valence-electron chi connectivity index (χ0n) is 18.7. The fourth-order valence-corrected chi connectivity index (χ4v) is 4.58. The van der Waals surface area contributed by atoms with E-state index in [1.807, 2.05) is 32.9 Å². The van der Waals surface area contributed by atoms with Gasteiger partial charge in [0.2, 0.25) is 0 Å². The molecule has 3 heterocycles. The second-order valence-electron chi connectivity index (χ2n) is 8.09. The Bertz CT molecular complexity index is 1430. The molecule has 0 fully saturated rings. The number of hydrogen-bond donors (Lipinski definition) is 0. The van der Waals surface area contributed by atoms with Gasteiger partial charge >= 0.3 is 0 Å². The maximum atomic E-state index is 13.2. The number of hydrogen-bond acceptors (Lipinski definition) is 6. The second-order valence-corrected chi connectivity index (χ2v) is 9.47. The molecule has 0 N–H and O–H groups in total. The summed E-state index contributed by atoms with van der Waals surface area (Å²) in [6.07, 6.45) is 2.59. The molecule has 0 radical (unpaired) electrons. The Kier molecular flexibility index (Phi) is 7.17. The average molecular weight is 485 g/mol. The third kappa shape index (κ3) is 5.46. The minimum absolute atomic E-state index is 0.120. The van der Waals surface area contributed by atoms with Crippen LogP contribution in [-0.2, 0) is 17.0 Å². The first-order valence-corrected chi connectivity index (χ1v) is 12.1. The Labute approximate surface area is 200 Å². The summed E-state index contributed by atoms with van der Waals surface area (Å²) in [5, 5.41) is 1.60. The van der Waals surface area contributed by atoms with Gasteiger partial charge in [-0.25, -0.2) is 9.97 Å². The molecule has 0 saturated carbocycles. The van der Waals surface area contributed by atoms with E-state index in [4.69, 9.17) is 21.3 Å². The topological polar surface area (TPSA) is 78.5 Å². The number of thioether (sulfide) groups is 1. The van der Waals surface area contributed by atoms with Crippen LogP contribution in [0, 0.1) is 6.92 Å². The number of halogens is 1. The third-order valence-corrected chi connectivity index (χ3v) is 6.31. The zero-order chi connectivity index (χ0) is 23.5. The van der Waals surface area contributed by atoms with Crippen LogP contribution in [0.2, 0.25) is 5.02 Å². The first-order chi connectivity index (χ1) is 15.8. The predicted molar refractivity (Wildman–Crippen MR) is 132 cm³/mol. The predicted octanol–water partition coefficient (Wildman–Crippen LogP) is 4.47. The van der Waals surface area contributed by atoms with Crippen LogP contribution in [0.1, 0.15) is 31.5 Å². The maximum absolute atomic E-state index is 13.2. The second kappa shape index (κ2) is 10.1. The Morgan fingerprint density at radius 2 is 1.94 bits per heavy atom. The summed E-state index contributed by atoms with van der Waals surface area (Å²) in [5.41, 5.74) is 2.49. The van der Waals surface area contributed by atoms with Gasteiger partial charge in [0.05, 0.1) is 22.7 Å². The molecular formula is C24H25ClN4O3S. The number of benzene rings is 1. The molecule has 0 bridgehead atoms. The Morgan fingerprint density at radius 1 is 1.12 bits per heavy atom. The molecular weight excluding hydrogens is 460 g/mol. The zero-order valence-corrected chi connectivity index (χ0v) is 20.3. The molecule has 9 heteroatoms. The number of ether oxygens (including phenoxy) is 1. The van der Waals surface area contributed by atoms with Crippen LogP contribution in [0.4, 0.5) is 0 Å². The van der Waals surface area contributed by atoms with Crippen molar-refractivity contribution >= 4 is 39.9 Å². The largest absolute Gasteiger partial charge is 0.379 e.